The lowest BCUT2D eigenvalue weighted by atomic mass is 9.82. The van der Waals surface area contributed by atoms with Gasteiger partial charge >= 0.3 is 6.18 Å². The van der Waals surface area contributed by atoms with Gasteiger partial charge in [-0.3, -0.25) is 0 Å². The van der Waals surface area contributed by atoms with Crippen molar-refractivity contribution in [1.82, 2.24) is 0 Å². The van der Waals surface area contributed by atoms with Gasteiger partial charge in [0.15, 0.2) is 0 Å². The van der Waals surface area contributed by atoms with Crippen LogP contribution in [0.3, 0.4) is 0 Å². The molecule has 1 aliphatic rings. The summed E-state index contributed by atoms with van der Waals surface area (Å²) >= 11 is 0. The second kappa shape index (κ2) is 11.5. The summed E-state index contributed by atoms with van der Waals surface area (Å²) in [6, 6.07) is 5.63. The van der Waals surface area contributed by atoms with Crippen molar-refractivity contribution in [1.29, 1.82) is 0 Å². The monoisotopic (exact) mass is 392 g/mol. The van der Waals surface area contributed by atoms with Crippen LogP contribution in [0.25, 0.3) is 5.57 Å². The molecule has 2 unspecified atom stereocenters. The standard InChI is InChI=1S/C25H35F3/c1-3-5-6-9-20(8-4-2)10-7-11-21-12-14-22(15-13-21)23-16-18-24(19-17-23)25(26,27)28/h3,14,16-21H,1,4-13,15H2,2H3. The molecule has 28 heavy (non-hydrogen) atoms. The maximum Gasteiger partial charge on any atom is 0.416 e. The Hall–Kier alpha value is -1.51. The van der Waals surface area contributed by atoms with Crippen LogP contribution in [0.1, 0.15) is 88.7 Å². The molecule has 0 N–H and O–H groups in total. The molecule has 2 atom stereocenters. The van der Waals surface area contributed by atoms with Crippen molar-refractivity contribution in [2.75, 3.05) is 0 Å². The molecular weight excluding hydrogens is 357 g/mol. The smallest absolute Gasteiger partial charge is 0.166 e. The minimum Gasteiger partial charge on any atom is -0.166 e. The first-order valence-electron chi connectivity index (χ1n) is 10.9. The number of benzene rings is 1. The third kappa shape index (κ3) is 7.48. The van der Waals surface area contributed by atoms with Crippen molar-refractivity contribution in [3.05, 3.63) is 54.1 Å². The highest BCUT2D eigenvalue weighted by molar-refractivity contribution is 5.66. The van der Waals surface area contributed by atoms with Crippen LogP contribution in [-0.2, 0) is 6.18 Å². The lowest BCUT2D eigenvalue weighted by Crippen LogP contribution is -2.08. The van der Waals surface area contributed by atoms with Gasteiger partial charge in [-0.1, -0.05) is 69.7 Å². The molecule has 0 fully saturated rings. The van der Waals surface area contributed by atoms with Gasteiger partial charge in [0.1, 0.15) is 0 Å². The fraction of sp³-hybridized carbons (Fsp3) is 0.600. The zero-order valence-electron chi connectivity index (χ0n) is 17.2. The van der Waals surface area contributed by atoms with Gasteiger partial charge in [-0.2, -0.15) is 13.2 Å². The van der Waals surface area contributed by atoms with E-state index in [9.17, 15) is 13.2 Å². The molecule has 0 heterocycles. The Labute approximate surface area is 168 Å². The molecule has 0 spiro atoms. The van der Waals surface area contributed by atoms with Crippen molar-refractivity contribution in [2.24, 2.45) is 11.8 Å². The van der Waals surface area contributed by atoms with Gasteiger partial charge in [0.2, 0.25) is 0 Å². The zero-order valence-corrected chi connectivity index (χ0v) is 17.2. The first kappa shape index (κ1) is 22.8. The highest BCUT2D eigenvalue weighted by atomic mass is 19.4. The first-order valence-corrected chi connectivity index (χ1v) is 10.9. The normalized spacial score (nSPS) is 18.6. The summed E-state index contributed by atoms with van der Waals surface area (Å²) in [5.41, 5.74) is 1.58. The van der Waals surface area contributed by atoms with Crippen LogP contribution < -0.4 is 0 Å². The maximum absolute atomic E-state index is 12.7. The highest BCUT2D eigenvalue weighted by Crippen LogP contribution is 2.35. The highest BCUT2D eigenvalue weighted by Gasteiger charge is 2.30. The van der Waals surface area contributed by atoms with Crippen LogP contribution in [0.4, 0.5) is 13.2 Å². The molecule has 0 saturated carbocycles. The molecule has 2 rings (SSSR count). The summed E-state index contributed by atoms with van der Waals surface area (Å²) in [5.74, 6) is 1.58. The lowest BCUT2D eigenvalue weighted by Gasteiger charge is -2.23. The van der Waals surface area contributed by atoms with E-state index in [0.29, 0.717) is 0 Å². The molecule has 3 heteroatoms. The summed E-state index contributed by atoms with van der Waals surface area (Å²) in [6.07, 6.45) is 13.4. The molecule has 0 bridgehead atoms. The molecule has 1 aromatic carbocycles. The summed E-state index contributed by atoms with van der Waals surface area (Å²) < 4.78 is 38.1. The van der Waals surface area contributed by atoms with Crippen LogP contribution in [0.2, 0.25) is 0 Å². The minimum absolute atomic E-state index is 0.569. The van der Waals surface area contributed by atoms with Crippen molar-refractivity contribution in [3.8, 4) is 0 Å². The number of allylic oxidation sites excluding steroid dienone is 3. The minimum atomic E-state index is -4.26. The molecule has 0 nitrogen and oxygen atoms in total. The zero-order chi connectivity index (χ0) is 20.4. The van der Waals surface area contributed by atoms with E-state index in [-0.39, 0.29) is 0 Å². The van der Waals surface area contributed by atoms with E-state index in [4.69, 9.17) is 0 Å². The number of hydrogen-bond donors (Lipinski definition) is 0. The molecular formula is C25H35F3. The second-order valence-electron chi connectivity index (χ2n) is 8.25. The van der Waals surface area contributed by atoms with Gasteiger partial charge < -0.3 is 0 Å². The van der Waals surface area contributed by atoms with Crippen LogP contribution in [0, 0.1) is 11.8 Å². The molecule has 0 aromatic heterocycles. The average Bonchev–Trinajstić information content (AvgIpc) is 2.68. The Morgan fingerprint density at radius 3 is 2.39 bits per heavy atom. The average molecular weight is 393 g/mol. The second-order valence-corrected chi connectivity index (χ2v) is 8.25. The quantitative estimate of drug-likeness (QED) is 0.261. The molecule has 0 aliphatic heterocycles. The van der Waals surface area contributed by atoms with Gasteiger partial charge in [0, 0.05) is 0 Å². The number of rotatable bonds is 11. The maximum atomic E-state index is 12.7. The van der Waals surface area contributed by atoms with Gasteiger partial charge in [0.25, 0.3) is 0 Å². The molecule has 0 saturated heterocycles. The first-order chi connectivity index (χ1) is 13.4. The Bertz CT molecular complexity index is 610. The van der Waals surface area contributed by atoms with Crippen molar-refractivity contribution < 1.29 is 13.2 Å². The van der Waals surface area contributed by atoms with Crippen LogP contribution in [-0.4, -0.2) is 0 Å². The van der Waals surface area contributed by atoms with Crippen LogP contribution in [0.15, 0.2) is 43.0 Å². The van der Waals surface area contributed by atoms with E-state index in [2.05, 4.69) is 19.6 Å². The van der Waals surface area contributed by atoms with E-state index in [1.165, 1.54) is 62.7 Å². The SMILES string of the molecule is C=CCCCC(CCC)CCCC1CC=C(c2ccc(C(F)(F)F)cc2)CC1. The predicted octanol–water partition coefficient (Wildman–Crippen LogP) is 8.83. The van der Waals surface area contributed by atoms with E-state index < -0.39 is 11.7 Å². The van der Waals surface area contributed by atoms with Crippen molar-refractivity contribution >= 4 is 5.57 Å². The van der Waals surface area contributed by atoms with E-state index in [1.807, 2.05) is 6.08 Å². The van der Waals surface area contributed by atoms with Crippen LogP contribution >= 0.6 is 0 Å². The molecule has 0 amide bonds. The van der Waals surface area contributed by atoms with E-state index in [1.54, 1.807) is 12.1 Å². The number of halogens is 3. The lowest BCUT2D eigenvalue weighted by molar-refractivity contribution is -0.137. The Morgan fingerprint density at radius 2 is 1.82 bits per heavy atom. The molecule has 156 valence electrons. The van der Waals surface area contributed by atoms with Gasteiger partial charge in [-0.05, 0) is 67.2 Å². The fourth-order valence-electron chi connectivity index (χ4n) is 4.37. The summed E-state index contributed by atoms with van der Waals surface area (Å²) in [7, 11) is 0. The predicted molar refractivity (Wildman–Crippen MR) is 113 cm³/mol. The largest absolute Gasteiger partial charge is 0.416 e. The van der Waals surface area contributed by atoms with Crippen molar-refractivity contribution in [3.63, 3.8) is 0 Å². The third-order valence-electron chi connectivity index (χ3n) is 6.04. The third-order valence-corrected chi connectivity index (χ3v) is 6.04. The topological polar surface area (TPSA) is 0 Å². The van der Waals surface area contributed by atoms with E-state index in [0.717, 1.165) is 43.1 Å². The summed E-state index contributed by atoms with van der Waals surface area (Å²) in [4.78, 5) is 0. The molecule has 1 aliphatic carbocycles. The molecule has 0 radical (unpaired) electrons. The summed E-state index contributed by atoms with van der Waals surface area (Å²) in [6.45, 7) is 6.09. The van der Waals surface area contributed by atoms with Gasteiger partial charge in [-0.25, -0.2) is 0 Å². The van der Waals surface area contributed by atoms with Gasteiger partial charge in [-0.15, -0.1) is 6.58 Å². The van der Waals surface area contributed by atoms with Crippen molar-refractivity contribution in [2.45, 2.75) is 83.7 Å². The van der Waals surface area contributed by atoms with Crippen LogP contribution in [0.5, 0.6) is 0 Å². The Morgan fingerprint density at radius 1 is 1.11 bits per heavy atom. The van der Waals surface area contributed by atoms with E-state index >= 15 is 0 Å². The number of alkyl halides is 3. The summed E-state index contributed by atoms with van der Waals surface area (Å²) in [5, 5.41) is 0. The number of hydrogen-bond acceptors (Lipinski definition) is 0. The number of unbranched alkanes of at least 4 members (excludes halogenated alkanes) is 1. The fourth-order valence-corrected chi connectivity index (χ4v) is 4.37. The Balaban J connectivity index is 1.77. The Kier molecular flexibility index (Phi) is 9.34. The molecule has 1 aromatic rings. The van der Waals surface area contributed by atoms with Gasteiger partial charge in [0.05, 0.1) is 5.56 Å².